The molecule has 1 aromatic rings. The Balaban J connectivity index is 2.92. The van der Waals surface area contributed by atoms with Crippen molar-refractivity contribution in [1.82, 2.24) is 9.78 Å². The van der Waals surface area contributed by atoms with E-state index in [1.54, 1.807) is 17.8 Å². The van der Waals surface area contributed by atoms with Gasteiger partial charge in [-0.2, -0.15) is 5.10 Å². The van der Waals surface area contributed by atoms with Crippen LogP contribution < -0.4 is 11.5 Å². The molecule has 0 aliphatic heterocycles. The van der Waals surface area contributed by atoms with Crippen LogP contribution in [0.1, 0.15) is 37.6 Å². The molecule has 0 spiro atoms. The first-order chi connectivity index (χ1) is 10.8. The Morgan fingerprint density at radius 1 is 1.43 bits per heavy atom. The van der Waals surface area contributed by atoms with E-state index < -0.39 is 6.16 Å². The number of aryl methyl sites for hydroxylation is 2. The van der Waals surface area contributed by atoms with Gasteiger partial charge in [0.2, 0.25) is 0 Å². The lowest BCUT2D eigenvalue weighted by atomic mass is 10.2. The zero-order chi connectivity index (χ0) is 17.4. The molecule has 8 heteroatoms. The van der Waals surface area contributed by atoms with Crippen molar-refractivity contribution in [2.24, 2.45) is 18.5 Å². The Kier molecular flexibility index (Phi) is 7.47. The number of rotatable bonds is 7. The average molecular weight is 343 g/mol. The molecule has 0 aliphatic carbocycles. The van der Waals surface area contributed by atoms with Crippen LogP contribution in [0.15, 0.2) is 23.1 Å². The van der Waals surface area contributed by atoms with Gasteiger partial charge in [0, 0.05) is 13.1 Å². The highest BCUT2D eigenvalue weighted by Crippen LogP contribution is 2.18. The number of unbranched alkanes of at least 4 members (excludes halogenated alkanes) is 2. The van der Waals surface area contributed by atoms with Crippen LogP contribution in [0.4, 0.5) is 4.79 Å². The molecule has 1 aromatic heterocycles. The predicted molar refractivity (Wildman–Crippen MR) is 89.1 cm³/mol. The van der Waals surface area contributed by atoms with E-state index in [4.69, 9.17) is 32.5 Å². The molecule has 0 unspecified atom stereocenters. The van der Waals surface area contributed by atoms with Gasteiger partial charge in [0.05, 0.1) is 18.0 Å². The van der Waals surface area contributed by atoms with Gasteiger partial charge in [0.25, 0.3) is 0 Å². The van der Waals surface area contributed by atoms with Crippen LogP contribution in [-0.2, 0) is 16.5 Å². The van der Waals surface area contributed by atoms with Gasteiger partial charge in [-0.05, 0) is 19.4 Å². The van der Waals surface area contributed by atoms with E-state index in [0.29, 0.717) is 5.69 Å². The number of nitrogens with zero attached hydrogens (tertiary/aromatic N) is 2. The van der Waals surface area contributed by atoms with Gasteiger partial charge in [-0.1, -0.05) is 31.4 Å². The number of nitrogens with two attached hydrogens (primary N) is 2. The summed E-state index contributed by atoms with van der Waals surface area (Å²) in [5.74, 6) is 0.0148. The third kappa shape index (κ3) is 6.23. The summed E-state index contributed by atoms with van der Waals surface area (Å²) < 4.78 is 11.7. The first kappa shape index (κ1) is 18.9. The monoisotopic (exact) mass is 342 g/mol. The number of ether oxygens (including phenoxy) is 2. The molecule has 1 rings (SSSR count). The zero-order valence-electron chi connectivity index (χ0n) is 13.6. The fourth-order valence-corrected chi connectivity index (χ4v) is 2.00. The van der Waals surface area contributed by atoms with Crippen molar-refractivity contribution in [3.8, 4) is 0 Å². The number of allylic oxidation sites excluding steroid dienone is 1. The van der Waals surface area contributed by atoms with Crippen LogP contribution in [0.25, 0.3) is 5.70 Å². The lowest BCUT2D eigenvalue weighted by Gasteiger charge is -2.10. The minimum atomic E-state index is -0.855. The molecule has 0 amide bonds. The SMILES string of the molecule is CCCCCOC(=O)OC(/C=C(\N)Cl)=C(/N)c1cc(C)nn1C. The highest BCUT2D eigenvalue weighted by molar-refractivity contribution is 6.29. The molecule has 0 saturated heterocycles. The third-order valence-corrected chi connectivity index (χ3v) is 3.08. The van der Waals surface area contributed by atoms with Crippen LogP contribution in [0, 0.1) is 6.92 Å². The summed E-state index contributed by atoms with van der Waals surface area (Å²) in [4.78, 5) is 11.8. The molecule has 0 radical (unpaired) electrons. The second-order valence-electron chi connectivity index (χ2n) is 5.01. The molecule has 0 atom stereocenters. The normalized spacial score (nSPS) is 12.8. The van der Waals surface area contributed by atoms with E-state index in [0.717, 1.165) is 25.0 Å². The number of hydrogen-bond acceptors (Lipinski definition) is 6. The molecule has 23 heavy (non-hydrogen) atoms. The number of aromatic nitrogens is 2. The first-order valence-electron chi connectivity index (χ1n) is 7.33. The zero-order valence-corrected chi connectivity index (χ0v) is 14.4. The highest BCUT2D eigenvalue weighted by atomic mass is 35.5. The molecule has 0 aliphatic rings. The predicted octanol–water partition coefficient (Wildman–Crippen LogP) is 2.74. The number of carbonyl (C=O) groups is 1. The highest BCUT2D eigenvalue weighted by Gasteiger charge is 2.15. The minimum Gasteiger partial charge on any atom is -0.434 e. The number of carbonyl (C=O) groups excluding carboxylic acids is 1. The average Bonchev–Trinajstić information content (AvgIpc) is 2.80. The van der Waals surface area contributed by atoms with E-state index in [1.165, 1.54) is 6.08 Å². The van der Waals surface area contributed by atoms with Crippen molar-refractivity contribution >= 4 is 23.5 Å². The second-order valence-corrected chi connectivity index (χ2v) is 5.45. The van der Waals surface area contributed by atoms with Crippen LogP contribution in [-0.4, -0.2) is 22.5 Å². The van der Waals surface area contributed by atoms with Gasteiger partial charge in [0.1, 0.15) is 10.9 Å². The summed E-state index contributed by atoms with van der Waals surface area (Å²) in [6, 6.07) is 1.75. The van der Waals surface area contributed by atoms with Gasteiger partial charge in [0.15, 0.2) is 5.76 Å². The third-order valence-electron chi connectivity index (χ3n) is 2.97. The smallest absolute Gasteiger partial charge is 0.434 e. The molecule has 0 fully saturated rings. The maximum atomic E-state index is 11.8. The molecular formula is C15H23ClN4O3. The summed E-state index contributed by atoms with van der Waals surface area (Å²) in [5.41, 5.74) is 13.0. The quantitative estimate of drug-likeness (QED) is 0.259. The van der Waals surface area contributed by atoms with E-state index in [-0.39, 0.29) is 23.2 Å². The van der Waals surface area contributed by atoms with Gasteiger partial charge in [-0.3, -0.25) is 4.68 Å². The molecule has 0 bridgehead atoms. The van der Waals surface area contributed by atoms with E-state index >= 15 is 0 Å². The lowest BCUT2D eigenvalue weighted by molar-refractivity contribution is 0.0784. The van der Waals surface area contributed by atoms with E-state index in [1.807, 2.05) is 6.92 Å². The summed E-state index contributed by atoms with van der Waals surface area (Å²) in [6.07, 6.45) is 3.18. The molecule has 0 aromatic carbocycles. The molecule has 7 nitrogen and oxygen atoms in total. The van der Waals surface area contributed by atoms with Crippen molar-refractivity contribution in [3.05, 3.63) is 34.4 Å². The molecular weight excluding hydrogens is 320 g/mol. The topological polar surface area (TPSA) is 105 Å². The number of hydrogen-bond donors (Lipinski definition) is 2. The Morgan fingerprint density at radius 2 is 2.13 bits per heavy atom. The van der Waals surface area contributed by atoms with Gasteiger partial charge >= 0.3 is 6.16 Å². The first-order valence-corrected chi connectivity index (χ1v) is 7.71. The largest absolute Gasteiger partial charge is 0.513 e. The molecule has 1 heterocycles. The van der Waals surface area contributed by atoms with Crippen molar-refractivity contribution < 1.29 is 14.3 Å². The van der Waals surface area contributed by atoms with Crippen LogP contribution in [0.3, 0.4) is 0 Å². The molecule has 0 saturated carbocycles. The van der Waals surface area contributed by atoms with Crippen molar-refractivity contribution in [2.75, 3.05) is 6.61 Å². The standard InChI is InChI=1S/C15H23ClN4O3/c1-4-5-6-7-22-15(21)23-12(9-13(16)17)14(18)11-8-10(2)19-20(11)3/h8-9H,4-7,17-18H2,1-3H3/b13-9-,14-12+. The van der Waals surface area contributed by atoms with Crippen molar-refractivity contribution in [3.63, 3.8) is 0 Å². The summed E-state index contributed by atoms with van der Waals surface area (Å²) in [7, 11) is 1.73. The van der Waals surface area contributed by atoms with Gasteiger partial charge < -0.3 is 20.9 Å². The molecule has 4 N–H and O–H groups in total. The van der Waals surface area contributed by atoms with Crippen LogP contribution in [0.5, 0.6) is 0 Å². The summed E-state index contributed by atoms with van der Waals surface area (Å²) in [6.45, 7) is 4.17. The Morgan fingerprint density at radius 3 is 2.65 bits per heavy atom. The van der Waals surface area contributed by atoms with Crippen molar-refractivity contribution in [2.45, 2.75) is 33.1 Å². The maximum Gasteiger partial charge on any atom is 0.513 e. The maximum absolute atomic E-state index is 11.8. The lowest BCUT2D eigenvalue weighted by Crippen LogP contribution is -2.13. The van der Waals surface area contributed by atoms with E-state index in [9.17, 15) is 4.79 Å². The Bertz CT molecular complexity index is 604. The van der Waals surface area contributed by atoms with Gasteiger partial charge in [-0.15, -0.1) is 0 Å². The summed E-state index contributed by atoms with van der Waals surface area (Å²) in [5, 5.41) is 4.12. The number of halogens is 1. The Hall–Kier alpha value is -2.15. The van der Waals surface area contributed by atoms with Crippen LogP contribution >= 0.6 is 11.6 Å². The second kappa shape index (κ2) is 9.09. The summed E-state index contributed by atoms with van der Waals surface area (Å²) >= 11 is 5.67. The minimum absolute atomic E-state index is 0.0148. The van der Waals surface area contributed by atoms with Crippen LogP contribution in [0.2, 0.25) is 0 Å². The fourth-order valence-electron chi connectivity index (χ4n) is 1.90. The van der Waals surface area contributed by atoms with E-state index in [2.05, 4.69) is 12.0 Å². The fraction of sp³-hybridized carbons (Fsp3) is 0.467. The Labute approximate surface area is 140 Å². The van der Waals surface area contributed by atoms with Crippen molar-refractivity contribution in [1.29, 1.82) is 0 Å². The van der Waals surface area contributed by atoms with Gasteiger partial charge in [-0.25, -0.2) is 4.79 Å². The molecule has 128 valence electrons.